The highest BCUT2D eigenvalue weighted by atomic mass is 32.2. The van der Waals surface area contributed by atoms with Crippen molar-refractivity contribution in [3.05, 3.63) is 57.2 Å². The lowest BCUT2D eigenvalue weighted by Gasteiger charge is -2.18. The van der Waals surface area contributed by atoms with Gasteiger partial charge in [-0.25, -0.2) is 0 Å². The second-order valence-electron chi connectivity index (χ2n) is 6.40. The summed E-state index contributed by atoms with van der Waals surface area (Å²) < 4.78 is 11.8. The highest BCUT2D eigenvalue weighted by Gasteiger charge is 2.34. The number of nitrogens with zero attached hydrogens (tertiary/aromatic N) is 2. The van der Waals surface area contributed by atoms with E-state index in [4.69, 9.17) is 21.4 Å². The fourth-order valence-corrected chi connectivity index (χ4v) is 4.45. The Labute approximate surface area is 170 Å². The fourth-order valence-electron chi connectivity index (χ4n) is 3.19. The van der Waals surface area contributed by atoms with Gasteiger partial charge in [-0.3, -0.25) is 19.8 Å². The number of hydrogen-bond acceptors (Lipinski definition) is 7. The molecule has 1 unspecified atom stereocenters. The van der Waals surface area contributed by atoms with Gasteiger partial charge in [0.2, 0.25) is 0 Å². The van der Waals surface area contributed by atoms with Gasteiger partial charge in [-0.2, -0.15) is 0 Å². The summed E-state index contributed by atoms with van der Waals surface area (Å²) in [6, 6.07) is 9.70. The van der Waals surface area contributed by atoms with Gasteiger partial charge < -0.3 is 9.15 Å². The van der Waals surface area contributed by atoms with Crippen LogP contribution in [-0.4, -0.2) is 39.3 Å². The summed E-state index contributed by atoms with van der Waals surface area (Å²) in [5.74, 6) is 0.633. The normalized spacial score (nSPS) is 21.1. The van der Waals surface area contributed by atoms with Crippen molar-refractivity contribution in [1.82, 2.24) is 4.90 Å². The smallest absolute Gasteiger partial charge is 0.280 e. The van der Waals surface area contributed by atoms with Crippen LogP contribution in [0, 0.1) is 10.1 Å². The molecule has 1 atom stereocenters. The van der Waals surface area contributed by atoms with Crippen LogP contribution in [0.4, 0.5) is 5.69 Å². The number of nitro benzene ring substituents is 1. The van der Waals surface area contributed by atoms with Crippen LogP contribution in [0.3, 0.4) is 0 Å². The van der Waals surface area contributed by atoms with Gasteiger partial charge in [-0.05, 0) is 31.0 Å². The Morgan fingerprint density at radius 2 is 2.14 bits per heavy atom. The summed E-state index contributed by atoms with van der Waals surface area (Å²) in [6.07, 6.45) is 3.56. The molecule has 0 saturated carbocycles. The maximum atomic E-state index is 12.7. The first-order chi connectivity index (χ1) is 13.5. The number of para-hydroxylation sites is 1. The predicted molar refractivity (Wildman–Crippen MR) is 110 cm³/mol. The number of benzene rings is 1. The van der Waals surface area contributed by atoms with Crippen molar-refractivity contribution in [2.45, 2.75) is 18.9 Å². The number of carbonyl (C=O) groups excluding carboxylic acids is 1. The highest BCUT2D eigenvalue weighted by Crippen LogP contribution is 2.35. The van der Waals surface area contributed by atoms with Crippen LogP contribution >= 0.6 is 24.0 Å². The number of nitro groups is 1. The van der Waals surface area contributed by atoms with Crippen LogP contribution in [0.2, 0.25) is 0 Å². The molecule has 144 valence electrons. The van der Waals surface area contributed by atoms with Crippen molar-refractivity contribution < 1.29 is 18.9 Å². The van der Waals surface area contributed by atoms with E-state index in [0.717, 1.165) is 19.4 Å². The largest absolute Gasteiger partial charge is 0.456 e. The molecule has 0 N–H and O–H groups in total. The van der Waals surface area contributed by atoms with E-state index in [1.165, 1.54) is 17.8 Å². The quantitative estimate of drug-likeness (QED) is 0.312. The number of rotatable bonds is 5. The lowest BCUT2D eigenvalue weighted by Crippen LogP contribution is -2.35. The van der Waals surface area contributed by atoms with Crippen LogP contribution in [0.15, 0.2) is 45.7 Å². The summed E-state index contributed by atoms with van der Waals surface area (Å²) >= 11 is 6.56. The second-order valence-corrected chi connectivity index (χ2v) is 8.08. The van der Waals surface area contributed by atoms with E-state index in [-0.39, 0.29) is 17.7 Å². The molecular formula is C19H16N2O5S2. The minimum Gasteiger partial charge on any atom is -0.456 e. The van der Waals surface area contributed by atoms with E-state index in [0.29, 0.717) is 32.9 Å². The van der Waals surface area contributed by atoms with Gasteiger partial charge in [0.05, 0.1) is 28.0 Å². The Morgan fingerprint density at radius 1 is 1.32 bits per heavy atom. The van der Waals surface area contributed by atoms with Crippen molar-refractivity contribution in [1.29, 1.82) is 0 Å². The predicted octanol–water partition coefficient (Wildman–Crippen LogP) is 4.24. The Balaban J connectivity index is 1.55. The molecule has 28 heavy (non-hydrogen) atoms. The third-order valence-corrected chi connectivity index (χ3v) is 5.93. The molecule has 2 aliphatic rings. The van der Waals surface area contributed by atoms with E-state index in [1.807, 2.05) is 0 Å². The van der Waals surface area contributed by atoms with Gasteiger partial charge >= 0.3 is 0 Å². The monoisotopic (exact) mass is 416 g/mol. The highest BCUT2D eigenvalue weighted by molar-refractivity contribution is 8.26. The van der Waals surface area contributed by atoms with Gasteiger partial charge in [0, 0.05) is 18.7 Å². The van der Waals surface area contributed by atoms with Gasteiger partial charge in [0.25, 0.3) is 11.6 Å². The summed E-state index contributed by atoms with van der Waals surface area (Å²) in [7, 11) is 0. The molecule has 2 saturated heterocycles. The zero-order valence-electron chi connectivity index (χ0n) is 14.7. The fraction of sp³-hybridized carbons (Fsp3) is 0.263. The van der Waals surface area contributed by atoms with Crippen LogP contribution in [-0.2, 0) is 9.53 Å². The zero-order chi connectivity index (χ0) is 19.7. The van der Waals surface area contributed by atoms with E-state index in [2.05, 4.69) is 0 Å². The third kappa shape index (κ3) is 3.73. The van der Waals surface area contributed by atoms with E-state index in [1.54, 1.807) is 41.3 Å². The van der Waals surface area contributed by atoms with Crippen molar-refractivity contribution in [2.75, 3.05) is 13.2 Å². The molecule has 1 aromatic carbocycles. The number of ether oxygens (including phenoxy) is 1. The summed E-state index contributed by atoms with van der Waals surface area (Å²) in [5, 5.41) is 11.2. The topological polar surface area (TPSA) is 85.8 Å². The standard InChI is InChI=1S/C19H16N2O5S2/c22-18-17(28-19(27)20(18)11-13-4-3-9-25-13)10-12-7-8-16(26-12)14-5-1-2-6-15(14)21(23)24/h1-2,5-8,10,13H,3-4,9,11H2/b17-10-. The second kappa shape index (κ2) is 7.86. The number of amides is 1. The molecular weight excluding hydrogens is 400 g/mol. The number of thiocarbonyl (C=S) groups is 1. The van der Waals surface area contributed by atoms with Crippen LogP contribution in [0.5, 0.6) is 0 Å². The lowest BCUT2D eigenvalue weighted by molar-refractivity contribution is -0.384. The summed E-state index contributed by atoms with van der Waals surface area (Å²) in [6.45, 7) is 1.18. The molecule has 2 aromatic rings. The third-order valence-electron chi connectivity index (χ3n) is 4.55. The van der Waals surface area contributed by atoms with E-state index >= 15 is 0 Å². The molecule has 1 aromatic heterocycles. The van der Waals surface area contributed by atoms with Crippen molar-refractivity contribution in [3.8, 4) is 11.3 Å². The first-order valence-electron chi connectivity index (χ1n) is 8.73. The molecule has 0 spiro atoms. The van der Waals surface area contributed by atoms with Gasteiger partial charge in [0.1, 0.15) is 15.8 Å². The molecule has 4 rings (SSSR count). The molecule has 7 nitrogen and oxygen atoms in total. The molecule has 0 bridgehead atoms. The van der Waals surface area contributed by atoms with E-state index < -0.39 is 4.92 Å². The average molecular weight is 416 g/mol. The Kier molecular flexibility index (Phi) is 5.29. The van der Waals surface area contributed by atoms with Crippen LogP contribution in [0.25, 0.3) is 17.4 Å². The Morgan fingerprint density at radius 3 is 2.89 bits per heavy atom. The molecule has 1 amide bonds. The maximum absolute atomic E-state index is 12.7. The SMILES string of the molecule is O=C1/C(=C/c2ccc(-c3ccccc3[N+](=O)[O-])o2)SC(=S)N1CC1CCCO1. The first kappa shape index (κ1) is 18.9. The van der Waals surface area contributed by atoms with Crippen molar-refractivity contribution in [2.24, 2.45) is 0 Å². The zero-order valence-corrected chi connectivity index (χ0v) is 16.3. The van der Waals surface area contributed by atoms with Crippen LogP contribution < -0.4 is 0 Å². The minimum atomic E-state index is -0.451. The summed E-state index contributed by atoms with van der Waals surface area (Å²) in [4.78, 5) is 25.5. The van der Waals surface area contributed by atoms with Gasteiger partial charge in [-0.15, -0.1) is 0 Å². The van der Waals surface area contributed by atoms with Crippen LogP contribution in [0.1, 0.15) is 18.6 Å². The summed E-state index contributed by atoms with van der Waals surface area (Å²) in [5.41, 5.74) is 0.351. The Bertz CT molecular complexity index is 978. The van der Waals surface area contributed by atoms with Crippen molar-refractivity contribution >= 4 is 46.0 Å². The molecule has 3 heterocycles. The molecule has 2 aliphatic heterocycles. The maximum Gasteiger partial charge on any atom is 0.280 e. The lowest BCUT2D eigenvalue weighted by atomic mass is 10.1. The molecule has 2 fully saturated rings. The number of furan rings is 1. The molecule has 9 heteroatoms. The number of carbonyl (C=O) groups is 1. The van der Waals surface area contributed by atoms with Gasteiger partial charge in [0.15, 0.2) is 0 Å². The number of hydrogen-bond donors (Lipinski definition) is 0. The molecule has 0 radical (unpaired) electrons. The minimum absolute atomic E-state index is 0.0238. The van der Waals surface area contributed by atoms with Gasteiger partial charge in [-0.1, -0.05) is 36.1 Å². The average Bonchev–Trinajstić information content (AvgIpc) is 3.41. The molecule has 0 aliphatic carbocycles. The van der Waals surface area contributed by atoms with E-state index in [9.17, 15) is 14.9 Å². The Hall–Kier alpha value is -2.49. The number of thioether (sulfide) groups is 1. The first-order valence-corrected chi connectivity index (χ1v) is 9.96. The van der Waals surface area contributed by atoms with Crippen molar-refractivity contribution in [3.63, 3.8) is 0 Å².